The zero-order chi connectivity index (χ0) is 18.2. The van der Waals surface area contributed by atoms with Gasteiger partial charge in [0.15, 0.2) is 0 Å². The van der Waals surface area contributed by atoms with Crippen molar-refractivity contribution in [2.45, 2.75) is 18.7 Å². The quantitative estimate of drug-likeness (QED) is 0.670. The molecule has 3 N–H and O–H groups in total. The monoisotopic (exact) mass is 357 g/mol. The maximum Gasteiger partial charge on any atom is 0.267 e. The Morgan fingerprint density at radius 2 is 1.80 bits per heavy atom. The number of carbonyl (C=O) groups excluding carboxylic acids is 1. The number of benzene rings is 2. The van der Waals surface area contributed by atoms with E-state index in [-0.39, 0.29) is 10.8 Å². The molecule has 0 spiro atoms. The molecule has 1 aromatic heterocycles. The molecule has 0 unspecified atom stereocenters. The molecule has 2 aromatic carbocycles. The number of nitrogens with one attached hydrogen (secondary N) is 3. The van der Waals surface area contributed by atoms with Crippen LogP contribution in [0, 0.1) is 13.8 Å². The van der Waals surface area contributed by atoms with Gasteiger partial charge in [0, 0.05) is 23.6 Å². The number of anilines is 1. The van der Waals surface area contributed by atoms with Crippen LogP contribution in [-0.4, -0.2) is 26.4 Å². The Hall–Kier alpha value is -2.80. The van der Waals surface area contributed by atoms with E-state index in [4.69, 9.17) is 0 Å². The summed E-state index contributed by atoms with van der Waals surface area (Å²) in [5.41, 5.74) is 3.18. The highest BCUT2D eigenvalue weighted by molar-refractivity contribution is 7.92. The average molecular weight is 357 g/mol. The number of fused-ring (bicyclic) bond motifs is 1. The molecule has 0 bridgehead atoms. The van der Waals surface area contributed by atoms with Crippen LogP contribution in [0.25, 0.3) is 10.9 Å². The van der Waals surface area contributed by atoms with Crippen molar-refractivity contribution in [2.75, 3.05) is 11.8 Å². The first-order valence-electron chi connectivity index (χ1n) is 7.75. The number of amides is 1. The first-order valence-corrected chi connectivity index (χ1v) is 9.23. The fourth-order valence-corrected chi connectivity index (χ4v) is 4.04. The van der Waals surface area contributed by atoms with E-state index in [0.717, 1.165) is 16.5 Å². The molecule has 1 amide bonds. The smallest absolute Gasteiger partial charge is 0.267 e. The number of rotatable bonds is 4. The molecule has 25 heavy (non-hydrogen) atoms. The standard InChI is InChI=1S/C18H19N3O3S/c1-11-4-5-12(2)17(8-11)25(23,24)21-14-6-7-15-13(9-14)10-16(20-15)18(22)19-3/h4-10,20-21H,1-3H3,(H,19,22). The number of carbonyl (C=O) groups is 1. The van der Waals surface area contributed by atoms with Crippen LogP contribution in [-0.2, 0) is 10.0 Å². The molecule has 0 saturated carbocycles. The van der Waals surface area contributed by atoms with Crippen LogP contribution in [0.2, 0.25) is 0 Å². The second-order valence-electron chi connectivity index (χ2n) is 5.94. The van der Waals surface area contributed by atoms with Crippen LogP contribution in [0.15, 0.2) is 47.4 Å². The van der Waals surface area contributed by atoms with E-state index in [1.807, 2.05) is 13.0 Å². The van der Waals surface area contributed by atoms with Crippen LogP contribution >= 0.6 is 0 Å². The van der Waals surface area contributed by atoms with Gasteiger partial charge >= 0.3 is 0 Å². The number of aryl methyl sites for hydroxylation is 2. The summed E-state index contributed by atoms with van der Waals surface area (Å²) in [5, 5.41) is 3.30. The maximum atomic E-state index is 12.7. The molecule has 0 saturated heterocycles. The lowest BCUT2D eigenvalue weighted by Gasteiger charge is -2.11. The zero-order valence-electron chi connectivity index (χ0n) is 14.2. The SMILES string of the molecule is CNC(=O)c1cc2cc(NS(=O)(=O)c3cc(C)ccc3C)ccc2[nH]1. The van der Waals surface area contributed by atoms with E-state index in [1.54, 1.807) is 50.4 Å². The van der Waals surface area contributed by atoms with Crippen molar-refractivity contribution in [1.29, 1.82) is 0 Å². The Balaban J connectivity index is 1.96. The molecule has 0 atom stereocenters. The van der Waals surface area contributed by atoms with Gasteiger partial charge in [-0.1, -0.05) is 12.1 Å². The minimum Gasteiger partial charge on any atom is -0.354 e. The van der Waals surface area contributed by atoms with Gasteiger partial charge in [0.2, 0.25) is 0 Å². The van der Waals surface area contributed by atoms with Crippen LogP contribution in [0.4, 0.5) is 5.69 Å². The Bertz CT molecular complexity index is 1070. The normalized spacial score (nSPS) is 11.5. The molecule has 3 rings (SSSR count). The lowest BCUT2D eigenvalue weighted by molar-refractivity contribution is 0.0959. The Kier molecular flexibility index (Phi) is 4.26. The fourth-order valence-electron chi connectivity index (χ4n) is 2.66. The lowest BCUT2D eigenvalue weighted by atomic mass is 10.2. The third kappa shape index (κ3) is 3.36. The number of sulfonamides is 1. The topological polar surface area (TPSA) is 91.1 Å². The van der Waals surface area contributed by atoms with Gasteiger partial charge in [0.1, 0.15) is 5.69 Å². The van der Waals surface area contributed by atoms with E-state index in [1.165, 1.54) is 0 Å². The van der Waals surface area contributed by atoms with Crippen molar-refractivity contribution in [3.05, 3.63) is 59.3 Å². The van der Waals surface area contributed by atoms with Crippen LogP contribution < -0.4 is 10.0 Å². The third-order valence-electron chi connectivity index (χ3n) is 3.98. The minimum absolute atomic E-state index is 0.228. The third-order valence-corrected chi connectivity index (χ3v) is 5.50. The van der Waals surface area contributed by atoms with E-state index < -0.39 is 10.0 Å². The van der Waals surface area contributed by atoms with Gasteiger partial charge in [-0.3, -0.25) is 9.52 Å². The highest BCUT2D eigenvalue weighted by Gasteiger charge is 2.17. The minimum atomic E-state index is -3.69. The van der Waals surface area contributed by atoms with Gasteiger partial charge in [0.25, 0.3) is 15.9 Å². The Labute approximate surface area is 146 Å². The molecular weight excluding hydrogens is 338 g/mol. The van der Waals surface area contributed by atoms with Crippen molar-refractivity contribution < 1.29 is 13.2 Å². The molecule has 0 aliphatic rings. The van der Waals surface area contributed by atoms with Crippen molar-refractivity contribution in [3.8, 4) is 0 Å². The number of H-pyrrole nitrogens is 1. The highest BCUT2D eigenvalue weighted by Crippen LogP contribution is 2.24. The Morgan fingerprint density at radius 1 is 1.04 bits per heavy atom. The van der Waals surface area contributed by atoms with Gasteiger partial charge in [-0.25, -0.2) is 8.42 Å². The van der Waals surface area contributed by atoms with E-state index in [0.29, 0.717) is 16.9 Å². The van der Waals surface area contributed by atoms with Gasteiger partial charge in [-0.15, -0.1) is 0 Å². The molecule has 130 valence electrons. The van der Waals surface area contributed by atoms with Crippen molar-refractivity contribution in [1.82, 2.24) is 10.3 Å². The second-order valence-corrected chi connectivity index (χ2v) is 7.59. The number of aromatic amines is 1. The summed E-state index contributed by atoms with van der Waals surface area (Å²) in [6.45, 7) is 3.61. The molecule has 6 nitrogen and oxygen atoms in total. The van der Waals surface area contributed by atoms with Crippen molar-refractivity contribution >= 4 is 32.5 Å². The molecule has 7 heteroatoms. The summed E-state index contributed by atoms with van der Waals surface area (Å²) in [5.74, 6) is -0.228. The first kappa shape index (κ1) is 17.0. The Morgan fingerprint density at radius 3 is 2.52 bits per heavy atom. The summed E-state index contributed by atoms with van der Waals surface area (Å²) in [7, 11) is -2.14. The summed E-state index contributed by atoms with van der Waals surface area (Å²) in [6, 6.07) is 12.1. The summed E-state index contributed by atoms with van der Waals surface area (Å²) in [4.78, 5) is 14.9. The van der Waals surface area contributed by atoms with Crippen LogP contribution in [0.5, 0.6) is 0 Å². The second kappa shape index (κ2) is 6.25. The van der Waals surface area contributed by atoms with Gasteiger partial charge in [0.05, 0.1) is 4.90 Å². The first-order chi connectivity index (χ1) is 11.8. The predicted molar refractivity (Wildman–Crippen MR) is 98.4 cm³/mol. The summed E-state index contributed by atoms with van der Waals surface area (Å²) >= 11 is 0. The number of hydrogen-bond acceptors (Lipinski definition) is 3. The predicted octanol–water partition coefficient (Wildman–Crippen LogP) is 2.95. The molecule has 0 aliphatic carbocycles. The number of hydrogen-bond donors (Lipinski definition) is 3. The summed E-state index contributed by atoms with van der Waals surface area (Å²) in [6.07, 6.45) is 0. The van der Waals surface area contributed by atoms with Gasteiger partial charge in [-0.05, 0) is 55.3 Å². The van der Waals surface area contributed by atoms with Crippen molar-refractivity contribution in [3.63, 3.8) is 0 Å². The van der Waals surface area contributed by atoms with E-state index in [9.17, 15) is 13.2 Å². The van der Waals surface area contributed by atoms with Crippen LogP contribution in [0.3, 0.4) is 0 Å². The van der Waals surface area contributed by atoms with E-state index in [2.05, 4.69) is 15.0 Å². The number of aromatic nitrogens is 1. The van der Waals surface area contributed by atoms with Crippen molar-refractivity contribution in [2.24, 2.45) is 0 Å². The molecule has 0 aliphatic heterocycles. The zero-order valence-corrected chi connectivity index (χ0v) is 15.0. The molecule has 0 fully saturated rings. The van der Waals surface area contributed by atoms with Gasteiger partial charge in [-0.2, -0.15) is 0 Å². The van der Waals surface area contributed by atoms with Gasteiger partial charge < -0.3 is 10.3 Å². The largest absolute Gasteiger partial charge is 0.354 e. The average Bonchev–Trinajstić information content (AvgIpc) is 2.99. The molecule has 1 heterocycles. The fraction of sp³-hybridized carbons (Fsp3) is 0.167. The van der Waals surface area contributed by atoms with E-state index >= 15 is 0 Å². The molecular formula is C18H19N3O3S. The highest BCUT2D eigenvalue weighted by atomic mass is 32.2. The molecule has 3 aromatic rings. The maximum absolute atomic E-state index is 12.7. The lowest BCUT2D eigenvalue weighted by Crippen LogP contribution is -2.17. The van der Waals surface area contributed by atoms with Crippen LogP contribution in [0.1, 0.15) is 21.6 Å². The molecule has 0 radical (unpaired) electrons. The summed E-state index contributed by atoms with van der Waals surface area (Å²) < 4.78 is 28.0.